The topological polar surface area (TPSA) is 46.2 Å². The molecule has 0 aliphatic heterocycles. The number of carbonyl (C=O) groups is 2. The van der Waals surface area contributed by atoms with Crippen molar-refractivity contribution in [3.8, 4) is 0 Å². The van der Waals surface area contributed by atoms with Crippen molar-refractivity contribution >= 4 is 23.3 Å². The zero-order valence-corrected chi connectivity index (χ0v) is 11.6. The molecule has 0 aromatic heterocycles. The van der Waals surface area contributed by atoms with Crippen molar-refractivity contribution in [3.05, 3.63) is 58.0 Å². The zero-order chi connectivity index (χ0) is 16.5. The van der Waals surface area contributed by atoms with Crippen LogP contribution in [0.4, 0.5) is 17.6 Å². The molecule has 8 heteroatoms. The molecular weight excluding hydrogens is 326 g/mol. The second kappa shape index (κ2) is 5.92. The molecular formula is C14H8ClF4NO2. The molecule has 22 heavy (non-hydrogen) atoms. The van der Waals surface area contributed by atoms with Gasteiger partial charge in [-0.05, 0) is 18.2 Å². The summed E-state index contributed by atoms with van der Waals surface area (Å²) in [6.07, 6.45) is -0.577. The maximum Gasteiger partial charge on any atom is 0.417 e. The van der Waals surface area contributed by atoms with Crippen molar-refractivity contribution in [2.75, 3.05) is 0 Å². The first-order chi connectivity index (χ1) is 10.2. The summed E-state index contributed by atoms with van der Waals surface area (Å²) in [6, 6.07) is 0.761. The fourth-order valence-electron chi connectivity index (χ4n) is 1.80. The van der Waals surface area contributed by atoms with Gasteiger partial charge in [-0.3, -0.25) is 9.59 Å². The highest BCUT2D eigenvalue weighted by Crippen LogP contribution is 2.36. The van der Waals surface area contributed by atoms with E-state index in [0.29, 0.717) is 6.07 Å². The van der Waals surface area contributed by atoms with Crippen LogP contribution < -0.4 is 5.32 Å². The molecule has 1 N–H and O–H groups in total. The lowest BCUT2D eigenvalue weighted by molar-refractivity contribution is -0.137. The standard InChI is InChI=1S/C14H8ClF4NO2/c15-11-5-9(12(16)6-10(11)14(17,18)19)13(22)20-7-2-1-3-8(21)4-7/h1-2,4-6H,3H2,(H,20,22). The van der Waals surface area contributed by atoms with Crippen LogP contribution in [0.1, 0.15) is 22.3 Å². The van der Waals surface area contributed by atoms with E-state index in [4.69, 9.17) is 11.6 Å². The minimum atomic E-state index is -4.83. The monoisotopic (exact) mass is 333 g/mol. The fraction of sp³-hybridized carbons (Fsp3) is 0.143. The highest BCUT2D eigenvalue weighted by molar-refractivity contribution is 6.31. The van der Waals surface area contributed by atoms with Crippen molar-refractivity contribution in [1.82, 2.24) is 5.32 Å². The lowest BCUT2D eigenvalue weighted by atomic mass is 10.1. The van der Waals surface area contributed by atoms with Gasteiger partial charge in [0.1, 0.15) is 5.82 Å². The van der Waals surface area contributed by atoms with Crippen molar-refractivity contribution in [2.45, 2.75) is 12.6 Å². The van der Waals surface area contributed by atoms with E-state index < -0.39 is 34.1 Å². The number of allylic oxidation sites excluding steroid dienone is 3. The first-order valence-electron chi connectivity index (χ1n) is 5.97. The second-order valence-electron chi connectivity index (χ2n) is 4.44. The lowest BCUT2D eigenvalue weighted by Gasteiger charge is -2.13. The van der Waals surface area contributed by atoms with Crippen LogP contribution in [-0.2, 0) is 11.0 Å². The summed E-state index contributed by atoms with van der Waals surface area (Å²) in [6.45, 7) is 0. The van der Waals surface area contributed by atoms with Gasteiger partial charge in [-0.1, -0.05) is 17.7 Å². The first-order valence-corrected chi connectivity index (χ1v) is 6.35. The summed E-state index contributed by atoms with van der Waals surface area (Å²) in [5, 5.41) is 1.44. The van der Waals surface area contributed by atoms with Crippen LogP contribution in [0.5, 0.6) is 0 Å². The van der Waals surface area contributed by atoms with Crippen molar-refractivity contribution in [2.24, 2.45) is 0 Å². The summed E-state index contributed by atoms with van der Waals surface area (Å²) in [5.74, 6) is -2.62. The Bertz CT molecular complexity index is 708. The number of hydrogen-bond donors (Lipinski definition) is 1. The molecule has 2 rings (SSSR count). The number of rotatable bonds is 2. The normalized spacial score (nSPS) is 14.8. The molecule has 0 saturated heterocycles. The van der Waals surface area contributed by atoms with Crippen LogP contribution >= 0.6 is 11.6 Å². The second-order valence-corrected chi connectivity index (χ2v) is 4.84. The Hall–Kier alpha value is -2.15. The van der Waals surface area contributed by atoms with Crippen LogP contribution in [0.3, 0.4) is 0 Å². The predicted molar refractivity (Wildman–Crippen MR) is 70.7 cm³/mol. The minimum absolute atomic E-state index is 0.122. The highest BCUT2D eigenvalue weighted by Gasteiger charge is 2.34. The summed E-state index contributed by atoms with van der Waals surface area (Å²) >= 11 is 5.45. The molecule has 116 valence electrons. The lowest BCUT2D eigenvalue weighted by Crippen LogP contribution is -2.25. The van der Waals surface area contributed by atoms with Gasteiger partial charge in [0.25, 0.3) is 5.91 Å². The minimum Gasteiger partial charge on any atom is -0.322 e. The van der Waals surface area contributed by atoms with Gasteiger partial charge in [0.05, 0.1) is 16.1 Å². The number of carbonyl (C=O) groups excluding carboxylic acids is 2. The third kappa shape index (κ3) is 3.54. The number of amides is 1. The van der Waals surface area contributed by atoms with Crippen LogP contribution in [-0.4, -0.2) is 11.7 Å². The Labute approximate surface area is 127 Å². The molecule has 1 aliphatic carbocycles. The number of hydrogen-bond acceptors (Lipinski definition) is 2. The molecule has 0 atom stereocenters. The summed E-state index contributed by atoms with van der Waals surface area (Å²) < 4.78 is 51.4. The van der Waals surface area contributed by atoms with E-state index >= 15 is 0 Å². The molecule has 0 bridgehead atoms. The van der Waals surface area contributed by atoms with Gasteiger partial charge in [0, 0.05) is 18.2 Å². The molecule has 0 saturated carbocycles. The number of benzene rings is 1. The largest absolute Gasteiger partial charge is 0.417 e. The van der Waals surface area contributed by atoms with E-state index in [2.05, 4.69) is 5.32 Å². The molecule has 1 amide bonds. The van der Waals surface area contributed by atoms with E-state index in [-0.39, 0.29) is 24.0 Å². The Balaban J connectivity index is 2.29. The van der Waals surface area contributed by atoms with Crippen LogP contribution in [0, 0.1) is 5.82 Å². The van der Waals surface area contributed by atoms with Gasteiger partial charge in [-0.15, -0.1) is 0 Å². The molecule has 0 unspecified atom stereocenters. The van der Waals surface area contributed by atoms with Crippen molar-refractivity contribution in [1.29, 1.82) is 0 Å². The average Bonchev–Trinajstić information content (AvgIpc) is 2.39. The van der Waals surface area contributed by atoms with Gasteiger partial charge in [-0.2, -0.15) is 13.2 Å². The Morgan fingerprint density at radius 2 is 1.95 bits per heavy atom. The van der Waals surface area contributed by atoms with E-state index in [9.17, 15) is 27.2 Å². The van der Waals surface area contributed by atoms with E-state index in [1.54, 1.807) is 0 Å². The number of ketones is 1. The third-order valence-electron chi connectivity index (χ3n) is 2.80. The average molecular weight is 334 g/mol. The van der Waals surface area contributed by atoms with E-state index in [0.717, 1.165) is 6.08 Å². The summed E-state index contributed by atoms with van der Waals surface area (Å²) in [4.78, 5) is 23.0. The molecule has 1 aromatic rings. The molecule has 0 fully saturated rings. The summed E-state index contributed by atoms with van der Waals surface area (Å²) in [7, 11) is 0. The van der Waals surface area contributed by atoms with Crippen LogP contribution in [0.2, 0.25) is 5.02 Å². The molecule has 1 aliphatic rings. The zero-order valence-electron chi connectivity index (χ0n) is 10.8. The van der Waals surface area contributed by atoms with Gasteiger partial charge in [-0.25, -0.2) is 4.39 Å². The highest BCUT2D eigenvalue weighted by atomic mass is 35.5. The number of halogens is 5. The van der Waals surface area contributed by atoms with E-state index in [1.165, 1.54) is 12.2 Å². The summed E-state index contributed by atoms with van der Waals surface area (Å²) in [5.41, 5.74) is -1.89. The van der Waals surface area contributed by atoms with Gasteiger partial charge in [0.15, 0.2) is 5.78 Å². The van der Waals surface area contributed by atoms with Crippen molar-refractivity contribution in [3.63, 3.8) is 0 Å². The van der Waals surface area contributed by atoms with Crippen LogP contribution in [0.25, 0.3) is 0 Å². The maximum absolute atomic E-state index is 13.7. The Morgan fingerprint density at radius 1 is 1.27 bits per heavy atom. The smallest absolute Gasteiger partial charge is 0.322 e. The Kier molecular flexibility index (Phi) is 4.37. The molecule has 1 aromatic carbocycles. The predicted octanol–water partition coefficient (Wildman–Crippen LogP) is 3.64. The van der Waals surface area contributed by atoms with Crippen LogP contribution in [0.15, 0.2) is 36.1 Å². The molecule has 3 nitrogen and oxygen atoms in total. The third-order valence-corrected chi connectivity index (χ3v) is 3.11. The quantitative estimate of drug-likeness (QED) is 0.840. The molecule has 0 heterocycles. The van der Waals surface area contributed by atoms with Gasteiger partial charge >= 0.3 is 6.18 Å². The van der Waals surface area contributed by atoms with Crippen molar-refractivity contribution < 1.29 is 27.2 Å². The molecule has 0 radical (unpaired) electrons. The van der Waals surface area contributed by atoms with Gasteiger partial charge < -0.3 is 5.32 Å². The Morgan fingerprint density at radius 3 is 2.55 bits per heavy atom. The molecule has 0 spiro atoms. The van der Waals surface area contributed by atoms with Gasteiger partial charge in [0.2, 0.25) is 0 Å². The SMILES string of the molecule is O=C1C=C(NC(=O)c2cc(Cl)c(C(F)(F)F)cc2F)C=CC1. The number of nitrogens with one attached hydrogen (secondary N) is 1. The first kappa shape index (κ1) is 16.2. The fourth-order valence-corrected chi connectivity index (χ4v) is 2.07. The van der Waals surface area contributed by atoms with E-state index in [1.807, 2.05) is 0 Å². The maximum atomic E-state index is 13.7. The number of alkyl halides is 3.